The van der Waals surface area contributed by atoms with Crippen molar-refractivity contribution in [3.05, 3.63) is 18.5 Å². The minimum Gasteiger partial charge on any atom is -0.338 e. The minimum atomic E-state index is 0.00706. The average Bonchev–Trinajstić information content (AvgIpc) is 2.91. The highest BCUT2D eigenvalue weighted by Gasteiger charge is 2.29. The Kier molecular flexibility index (Phi) is 5.43. The van der Waals surface area contributed by atoms with Crippen LogP contribution < -0.4 is 4.90 Å². The fourth-order valence-electron chi connectivity index (χ4n) is 3.48. The third-order valence-electron chi connectivity index (χ3n) is 4.97. The van der Waals surface area contributed by atoms with Crippen LogP contribution >= 0.6 is 0 Å². The molecule has 0 aliphatic carbocycles. The average molecular weight is 317 g/mol. The summed E-state index contributed by atoms with van der Waals surface area (Å²) in [6, 6.07) is 1.83. The van der Waals surface area contributed by atoms with Crippen molar-refractivity contribution < 1.29 is 4.79 Å². The van der Waals surface area contributed by atoms with Gasteiger partial charge in [0.25, 0.3) is 0 Å². The molecule has 0 aromatic carbocycles. The number of rotatable bonds is 3. The molecule has 2 saturated heterocycles. The quantitative estimate of drug-likeness (QED) is 0.843. The van der Waals surface area contributed by atoms with Crippen LogP contribution in [0.3, 0.4) is 0 Å². The summed E-state index contributed by atoms with van der Waals surface area (Å²) in [5, 5.41) is 0. The van der Waals surface area contributed by atoms with Gasteiger partial charge in [0.1, 0.15) is 0 Å². The number of aromatic nitrogens is 2. The first-order chi connectivity index (χ1) is 11.3. The summed E-state index contributed by atoms with van der Waals surface area (Å²) in [6.07, 6.45) is 8.57. The molecule has 1 aromatic rings. The summed E-state index contributed by atoms with van der Waals surface area (Å²) in [5.74, 6) is 1.04. The molecule has 3 rings (SSSR count). The predicted octanol–water partition coefficient (Wildman–Crippen LogP) is 1.39. The summed E-state index contributed by atoms with van der Waals surface area (Å²) in [6.45, 7) is 7.32. The number of amides is 1. The third-order valence-corrected chi connectivity index (χ3v) is 4.97. The molecule has 2 fully saturated rings. The van der Waals surface area contributed by atoms with Crippen molar-refractivity contribution in [2.24, 2.45) is 0 Å². The van der Waals surface area contributed by atoms with Gasteiger partial charge in [-0.25, -0.2) is 9.97 Å². The zero-order valence-corrected chi connectivity index (χ0v) is 14.0. The van der Waals surface area contributed by atoms with Gasteiger partial charge in [-0.3, -0.25) is 9.69 Å². The van der Waals surface area contributed by atoms with Gasteiger partial charge in [-0.1, -0.05) is 12.8 Å². The van der Waals surface area contributed by atoms with Crippen molar-refractivity contribution >= 4 is 11.9 Å². The van der Waals surface area contributed by atoms with Crippen molar-refractivity contribution in [2.45, 2.75) is 38.6 Å². The van der Waals surface area contributed by atoms with Crippen LogP contribution in [-0.2, 0) is 4.79 Å². The summed E-state index contributed by atoms with van der Waals surface area (Å²) in [5.41, 5.74) is 0. The first-order valence-corrected chi connectivity index (χ1v) is 8.80. The smallest absolute Gasteiger partial charge is 0.239 e. The lowest BCUT2D eigenvalue weighted by Crippen LogP contribution is -2.54. The first-order valence-electron chi connectivity index (χ1n) is 8.80. The molecular formula is C17H27N5O. The Labute approximate surface area is 138 Å². The maximum absolute atomic E-state index is 12.8. The van der Waals surface area contributed by atoms with Gasteiger partial charge < -0.3 is 9.80 Å². The molecular weight excluding hydrogens is 290 g/mol. The summed E-state index contributed by atoms with van der Waals surface area (Å²) < 4.78 is 0. The molecule has 2 aliphatic rings. The number of piperazine rings is 1. The molecule has 23 heavy (non-hydrogen) atoms. The maximum Gasteiger partial charge on any atom is 0.239 e. The minimum absolute atomic E-state index is 0.00706. The number of anilines is 1. The summed E-state index contributed by atoms with van der Waals surface area (Å²) >= 11 is 0. The summed E-state index contributed by atoms with van der Waals surface area (Å²) in [7, 11) is 0. The molecule has 0 N–H and O–H groups in total. The molecule has 1 amide bonds. The fourth-order valence-corrected chi connectivity index (χ4v) is 3.48. The fraction of sp³-hybridized carbons (Fsp3) is 0.706. The van der Waals surface area contributed by atoms with Crippen LogP contribution in [0.15, 0.2) is 18.5 Å². The van der Waals surface area contributed by atoms with E-state index in [2.05, 4.69) is 26.7 Å². The van der Waals surface area contributed by atoms with E-state index in [1.54, 1.807) is 12.4 Å². The van der Waals surface area contributed by atoms with Gasteiger partial charge in [-0.15, -0.1) is 0 Å². The first kappa shape index (κ1) is 16.2. The van der Waals surface area contributed by atoms with Crippen LogP contribution in [0.2, 0.25) is 0 Å². The van der Waals surface area contributed by atoms with Crippen LogP contribution in [0.25, 0.3) is 0 Å². The van der Waals surface area contributed by atoms with Gasteiger partial charge >= 0.3 is 0 Å². The van der Waals surface area contributed by atoms with Gasteiger partial charge in [0, 0.05) is 38.6 Å². The molecule has 0 radical (unpaired) electrons. The van der Waals surface area contributed by atoms with Crippen LogP contribution in [-0.4, -0.2) is 71.0 Å². The van der Waals surface area contributed by atoms with Crippen LogP contribution in [0.1, 0.15) is 32.6 Å². The number of carbonyl (C=O) groups excluding carboxylic acids is 1. The second-order valence-electron chi connectivity index (χ2n) is 6.49. The van der Waals surface area contributed by atoms with E-state index in [1.807, 2.05) is 11.0 Å². The van der Waals surface area contributed by atoms with E-state index >= 15 is 0 Å². The third kappa shape index (κ3) is 3.99. The van der Waals surface area contributed by atoms with E-state index in [9.17, 15) is 4.79 Å². The van der Waals surface area contributed by atoms with Crippen molar-refractivity contribution in [1.82, 2.24) is 19.8 Å². The van der Waals surface area contributed by atoms with Gasteiger partial charge in [0.05, 0.1) is 6.04 Å². The topological polar surface area (TPSA) is 52.6 Å². The van der Waals surface area contributed by atoms with Gasteiger partial charge in [0.15, 0.2) is 0 Å². The lowest BCUT2D eigenvalue weighted by atomic mass is 10.2. The highest BCUT2D eigenvalue weighted by molar-refractivity contribution is 5.81. The van der Waals surface area contributed by atoms with Crippen molar-refractivity contribution in [3.8, 4) is 0 Å². The summed E-state index contributed by atoms with van der Waals surface area (Å²) in [4.78, 5) is 27.9. The van der Waals surface area contributed by atoms with Crippen molar-refractivity contribution in [2.75, 3.05) is 44.2 Å². The van der Waals surface area contributed by atoms with Gasteiger partial charge in [0.2, 0.25) is 11.9 Å². The highest BCUT2D eigenvalue weighted by atomic mass is 16.2. The molecule has 0 saturated carbocycles. The van der Waals surface area contributed by atoms with E-state index in [0.29, 0.717) is 0 Å². The Balaban J connectivity index is 1.53. The number of carbonyl (C=O) groups is 1. The molecule has 0 spiro atoms. The zero-order valence-electron chi connectivity index (χ0n) is 14.0. The second kappa shape index (κ2) is 7.73. The van der Waals surface area contributed by atoms with Gasteiger partial charge in [-0.2, -0.15) is 0 Å². The van der Waals surface area contributed by atoms with E-state index in [4.69, 9.17) is 0 Å². The lowest BCUT2D eigenvalue weighted by Gasteiger charge is -2.38. The molecule has 2 aliphatic heterocycles. The highest BCUT2D eigenvalue weighted by Crippen LogP contribution is 2.16. The van der Waals surface area contributed by atoms with E-state index in [-0.39, 0.29) is 11.9 Å². The SMILES string of the molecule is CC(C(=O)N1CCN(c2ncccn2)CC1)N1CCCCCC1. The molecule has 0 bridgehead atoms. The monoisotopic (exact) mass is 317 g/mol. The standard InChI is InChI=1S/C17H27N5O/c1-15(20-9-4-2-3-5-10-20)16(23)21-11-13-22(14-12-21)17-18-7-6-8-19-17/h6-8,15H,2-5,9-14H2,1H3. The van der Waals surface area contributed by atoms with Crippen LogP contribution in [0.4, 0.5) is 5.95 Å². The second-order valence-corrected chi connectivity index (χ2v) is 6.49. The molecule has 126 valence electrons. The van der Waals surface area contributed by atoms with E-state index < -0.39 is 0 Å². The Morgan fingerprint density at radius 2 is 1.57 bits per heavy atom. The maximum atomic E-state index is 12.8. The van der Waals surface area contributed by atoms with Crippen molar-refractivity contribution in [1.29, 1.82) is 0 Å². The van der Waals surface area contributed by atoms with E-state index in [1.165, 1.54) is 25.7 Å². The number of likely N-dealkylation sites (tertiary alicyclic amines) is 1. The van der Waals surface area contributed by atoms with Crippen LogP contribution in [0.5, 0.6) is 0 Å². The molecule has 1 unspecified atom stereocenters. The van der Waals surface area contributed by atoms with Crippen LogP contribution in [0, 0.1) is 0 Å². The normalized spacial score (nSPS) is 21.8. The predicted molar refractivity (Wildman–Crippen MR) is 90.3 cm³/mol. The number of nitrogens with zero attached hydrogens (tertiary/aromatic N) is 5. The Hall–Kier alpha value is -1.69. The zero-order chi connectivity index (χ0) is 16.1. The Bertz CT molecular complexity index is 493. The Morgan fingerprint density at radius 1 is 0.957 bits per heavy atom. The Morgan fingerprint density at radius 3 is 2.17 bits per heavy atom. The molecule has 1 atom stereocenters. The number of hydrogen-bond donors (Lipinski definition) is 0. The largest absolute Gasteiger partial charge is 0.338 e. The van der Waals surface area contributed by atoms with Crippen molar-refractivity contribution in [3.63, 3.8) is 0 Å². The lowest BCUT2D eigenvalue weighted by molar-refractivity contribution is -0.136. The molecule has 6 nitrogen and oxygen atoms in total. The molecule has 6 heteroatoms. The van der Waals surface area contributed by atoms with E-state index in [0.717, 1.165) is 45.2 Å². The molecule has 3 heterocycles. The number of hydrogen-bond acceptors (Lipinski definition) is 5. The van der Waals surface area contributed by atoms with Gasteiger partial charge in [-0.05, 0) is 38.9 Å². The molecule has 1 aromatic heterocycles.